The van der Waals surface area contributed by atoms with Crippen LogP contribution in [0.3, 0.4) is 0 Å². The molecule has 17 heteroatoms. The normalized spacial score (nSPS) is 12.2. The first-order valence-corrected chi connectivity index (χ1v) is 14.3. The van der Waals surface area contributed by atoms with Gasteiger partial charge >= 0.3 is 37.7 Å². The van der Waals surface area contributed by atoms with E-state index in [4.69, 9.17) is 0 Å². The van der Waals surface area contributed by atoms with Crippen molar-refractivity contribution >= 4 is 73.3 Å². The summed E-state index contributed by atoms with van der Waals surface area (Å²) in [6.07, 6.45) is 0. The Bertz CT molecular complexity index is 1060. The number of sulfonamides is 2. The minimum atomic E-state index is -4.03. The van der Waals surface area contributed by atoms with Crippen LogP contribution in [0.5, 0.6) is 0 Å². The van der Waals surface area contributed by atoms with Gasteiger partial charge in [0.05, 0.1) is 0 Å². The van der Waals surface area contributed by atoms with Crippen LogP contribution < -0.4 is 0 Å². The number of hydrogen-bond donors (Lipinski definition) is 0. The molecule has 2 rings (SSSR count). The molecule has 0 aliphatic heterocycles. The van der Waals surface area contributed by atoms with E-state index in [-0.39, 0.29) is 47.5 Å². The molecule has 180 valence electrons. The Morgan fingerprint density at radius 3 is 1.03 bits per heavy atom. The summed E-state index contributed by atoms with van der Waals surface area (Å²) in [7, 11) is -11.7. The minimum Gasteiger partial charge on any atom is -0.438 e. The molecule has 0 amide bonds. The van der Waals surface area contributed by atoms with Gasteiger partial charge in [-0.05, 0) is 24.3 Å². The molecule has 0 aliphatic rings. The molecule has 33 heavy (non-hydrogen) atoms. The maximum atomic E-state index is 11.7. The van der Waals surface area contributed by atoms with Crippen LogP contribution in [0.1, 0.15) is 0 Å². The van der Waals surface area contributed by atoms with E-state index < -0.39 is 35.5 Å². The zero-order valence-electron chi connectivity index (χ0n) is 18.2. The summed E-state index contributed by atoms with van der Waals surface area (Å²) in [5.74, 6) is 0. The quantitative estimate of drug-likeness (QED) is 0.303. The largest absolute Gasteiger partial charge is 2.00 e. The smallest absolute Gasteiger partial charge is 0.438 e. The SMILES string of the molecule is COP(=O)([N-]S(=O)(=O)c1ccccc1)OC.COP(=O)([N-]S(=O)(=O)c1ccccc1)OC.[Ca+2]. The van der Waals surface area contributed by atoms with Gasteiger partial charge in [0, 0.05) is 38.2 Å². The van der Waals surface area contributed by atoms with Gasteiger partial charge in [0.25, 0.3) is 15.5 Å². The molecule has 0 unspecified atom stereocenters. The van der Waals surface area contributed by atoms with Gasteiger partial charge in [0.1, 0.15) is 20.0 Å². The first kappa shape index (κ1) is 32.8. The van der Waals surface area contributed by atoms with Crippen LogP contribution in [0.25, 0.3) is 8.99 Å². The second-order valence-corrected chi connectivity index (χ2v) is 12.9. The number of nitrogens with zero attached hydrogens (tertiary/aromatic N) is 2. The van der Waals surface area contributed by atoms with Gasteiger partial charge in [-0.3, -0.25) is 9.13 Å². The molecule has 2 aromatic carbocycles. The molecule has 0 atom stereocenters. The number of rotatable bonds is 10. The third-order valence-electron chi connectivity index (χ3n) is 3.42. The Labute approximate surface area is 223 Å². The van der Waals surface area contributed by atoms with E-state index in [0.717, 1.165) is 28.4 Å². The van der Waals surface area contributed by atoms with Crippen LogP contribution in [-0.2, 0) is 47.3 Å². The third-order valence-corrected chi connectivity index (χ3v) is 10.3. The molecule has 12 nitrogen and oxygen atoms in total. The van der Waals surface area contributed by atoms with Crippen molar-refractivity contribution in [1.82, 2.24) is 0 Å². The van der Waals surface area contributed by atoms with E-state index in [1.54, 1.807) is 12.1 Å². The summed E-state index contributed by atoms with van der Waals surface area (Å²) in [5.41, 5.74) is 0. The van der Waals surface area contributed by atoms with Crippen LogP contribution in [0.4, 0.5) is 0 Å². The Morgan fingerprint density at radius 2 is 0.818 bits per heavy atom. The van der Waals surface area contributed by atoms with Crippen molar-refractivity contribution in [1.29, 1.82) is 0 Å². The van der Waals surface area contributed by atoms with Crippen molar-refractivity contribution < 1.29 is 44.1 Å². The summed E-state index contributed by atoms with van der Waals surface area (Å²) >= 11 is 0. The predicted molar refractivity (Wildman–Crippen MR) is 123 cm³/mol. The second kappa shape index (κ2) is 14.4. The summed E-state index contributed by atoms with van der Waals surface area (Å²) < 4.78 is 93.8. The van der Waals surface area contributed by atoms with E-state index in [1.807, 2.05) is 0 Å². The van der Waals surface area contributed by atoms with Gasteiger partial charge < -0.3 is 27.1 Å². The Balaban J connectivity index is 0.000000602. The van der Waals surface area contributed by atoms with Gasteiger partial charge in [-0.1, -0.05) is 36.4 Å². The fourth-order valence-electron chi connectivity index (χ4n) is 1.82. The molecule has 0 N–H and O–H groups in total. The van der Waals surface area contributed by atoms with E-state index in [0.29, 0.717) is 0 Å². The van der Waals surface area contributed by atoms with Crippen molar-refractivity contribution in [3.63, 3.8) is 0 Å². The zero-order valence-corrected chi connectivity index (χ0v) is 23.8. The van der Waals surface area contributed by atoms with Crippen LogP contribution in [-0.4, -0.2) is 83.0 Å². The predicted octanol–water partition coefficient (Wildman–Crippen LogP) is 3.92. The van der Waals surface area contributed by atoms with E-state index in [1.165, 1.54) is 48.5 Å². The molecule has 0 saturated heterocycles. The van der Waals surface area contributed by atoms with Crippen LogP contribution in [0.2, 0.25) is 0 Å². The minimum absolute atomic E-state index is 0. The average molecular weight is 569 g/mol. The molecular weight excluding hydrogens is 546 g/mol. The molecule has 0 fully saturated rings. The Hall–Kier alpha value is -0.180. The van der Waals surface area contributed by atoms with Crippen molar-refractivity contribution in [2.75, 3.05) is 28.4 Å². The summed E-state index contributed by atoms with van der Waals surface area (Å²) in [4.78, 5) is -0.131. The van der Waals surface area contributed by atoms with Crippen LogP contribution >= 0.6 is 15.5 Å². The number of benzene rings is 2. The second-order valence-electron chi connectivity index (χ2n) is 5.41. The molecule has 2 aromatic rings. The van der Waals surface area contributed by atoms with Crippen molar-refractivity contribution in [3.05, 3.63) is 69.6 Å². The van der Waals surface area contributed by atoms with E-state index in [9.17, 15) is 26.0 Å². The molecule has 0 aromatic heterocycles. The number of hydrogen-bond acceptors (Lipinski definition) is 10. The van der Waals surface area contributed by atoms with E-state index in [2.05, 4.69) is 27.1 Å². The van der Waals surface area contributed by atoms with Gasteiger partial charge in [0.2, 0.25) is 0 Å². The van der Waals surface area contributed by atoms with Crippen molar-refractivity contribution in [2.45, 2.75) is 9.79 Å². The van der Waals surface area contributed by atoms with Crippen molar-refractivity contribution in [2.24, 2.45) is 0 Å². The monoisotopic (exact) mass is 568 g/mol. The molecule has 0 heterocycles. The molecular formula is C16H22CaN2O10P2S2. The molecule has 0 spiro atoms. The summed E-state index contributed by atoms with van der Waals surface area (Å²) in [5, 5.41) is 0. The Kier molecular flexibility index (Phi) is 14.3. The summed E-state index contributed by atoms with van der Waals surface area (Å²) in [6.45, 7) is 0. The fourth-order valence-corrected chi connectivity index (χ4v) is 7.05. The first-order valence-electron chi connectivity index (χ1n) is 8.39. The maximum Gasteiger partial charge on any atom is 2.00 e. The maximum absolute atomic E-state index is 11.7. The molecule has 0 aliphatic carbocycles. The Morgan fingerprint density at radius 1 is 0.576 bits per heavy atom. The van der Waals surface area contributed by atoms with Gasteiger partial charge in [-0.15, -0.1) is 0 Å². The van der Waals surface area contributed by atoms with Crippen LogP contribution in [0, 0.1) is 0 Å². The van der Waals surface area contributed by atoms with Gasteiger partial charge in [-0.25, -0.2) is 16.8 Å². The zero-order chi connectivity index (χ0) is 24.5. The van der Waals surface area contributed by atoms with Gasteiger partial charge in [0.15, 0.2) is 0 Å². The standard InChI is InChI=1S/2C8H11NO5PS.Ca/c2*1-13-15(10,14-2)9-16(11,12)8-6-4-3-5-7-8;/h2*3-7H,1-2H3;/q2*-1;+2. The molecule has 0 radical (unpaired) electrons. The molecule has 0 bridgehead atoms. The average Bonchev–Trinajstić information content (AvgIpc) is 2.80. The fraction of sp³-hybridized carbons (Fsp3) is 0.250. The topological polar surface area (TPSA) is 168 Å². The van der Waals surface area contributed by atoms with Crippen molar-refractivity contribution in [3.8, 4) is 0 Å². The third kappa shape index (κ3) is 10.5. The first-order chi connectivity index (χ1) is 14.9. The van der Waals surface area contributed by atoms with Gasteiger partial charge in [-0.2, -0.15) is 0 Å². The molecule has 0 saturated carbocycles. The van der Waals surface area contributed by atoms with Crippen LogP contribution in [0.15, 0.2) is 70.5 Å². The summed E-state index contributed by atoms with van der Waals surface area (Å²) in [6, 6.07) is 14.8. The van der Waals surface area contributed by atoms with E-state index >= 15 is 0 Å².